The van der Waals surface area contributed by atoms with Crippen LogP contribution in [0.3, 0.4) is 0 Å². The summed E-state index contributed by atoms with van der Waals surface area (Å²) in [7, 11) is -2.40. The Labute approximate surface area is 292 Å². The number of aliphatic imine (C=N–C) groups is 1. The molecule has 2 amide bonds. The van der Waals surface area contributed by atoms with E-state index >= 15 is 4.39 Å². The topological polar surface area (TPSA) is 196 Å². The van der Waals surface area contributed by atoms with Gasteiger partial charge in [0.15, 0.2) is 15.6 Å². The summed E-state index contributed by atoms with van der Waals surface area (Å²) in [6, 6.07) is 15.7. The number of rotatable bonds is 11. The van der Waals surface area contributed by atoms with E-state index in [0.29, 0.717) is 0 Å². The monoisotopic (exact) mass is 719 g/mol. The molecule has 6 rings (SSSR count). The minimum Gasteiger partial charge on any atom is -0.495 e. The van der Waals surface area contributed by atoms with Gasteiger partial charge in [0.1, 0.15) is 40.6 Å². The van der Waals surface area contributed by atoms with Gasteiger partial charge in [-0.05, 0) is 48.9 Å². The van der Waals surface area contributed by atoms with Gasteiger partial charge < -0.3 is 31.4 Å². The fourth-order valence-corrected chi connectivity index (χ4v) is 6.37. The van der Waals surface area contributed by atoms with Gasteiger partial charge in [-0.2, -0.15) is 0 Å². The number of hydrogen-bond acceptors (Lipinski definition) is 10. The Bertz CT molecular complexity index is 2210. The number of carbonyl (C=O) groups is 2. The first kappa shape index (κ1) is 35.4. The molecule has 4 aromatic rings. The first-order valence-electron chi connectivity index (χ1n) is 15.8. The summed E-state index contributed by atoms with van der Waals surface area (Å²) in [4.78, 5) is 34.8. The van der Waals surface area contributed by atoms with Gasteiger partial charge in [0, 0.05) is 47.6 Å². The summed E-state index contributed by atoms with van der Waals surface area (Å²) in [5.74, 6) is -3.88. The zero-order valence-electron chi connectivity index (χ0n) is 27.9. The van der Waals surface area contributed by atoms with Gasteiger partial charge in [-0.25, -0.2) is 22.2 Å². The number of sulfone groups is 1. The van der Waals surface area contributed by atoms with Crippen molar-refractivity contribution in [3.05, 3.63) is 100 Å². The standard InChI is InChI=1S/C36H35F2N5O7S/c1-34(33(40)45)19-50-31-25(34)16-28(43-30(31)24-10-9-23(15-26(24)37)51(3,47)48)36(46,22-7-5-4-6-8-22)18-41-32(44)20-13-21(17-42-35(38)11-12-35)29(39)27(14-20)49-2/h4-10,13-17,46H,11-12,18-19,39H2,1-3H3,(H2,40,45)(H,41,44)/b42-17+/t34-,36+/m0/s1. The summed E-state index contributed by atoms with van der Waals surface area (Å²) >= 11 is 0. The number of fused-ring (bicyclic) bond motifs is 1. The molecule has 1 saturated carbocycles. The van der Waals surface area contributed by atoms with Crippen LogP contribution in [0.2, 0.25) is 0 Å². The molecule has 266 valence electrons. The number of ether oxygens (including phenoxy) is 2. The number of aromatic nitrogens is 1. The number of carbonyl (C=O) groups excluding carboxylic acids is 2. The first-order chi connectivity index (χ1) is 24.0. The van der Waals surface area contributed by atoms with E-state index in [2.05, 4.69) is 15.3 Å². The maximum atomic E-state index is 15.7. The van der Waals surface area contributed by atoms with Crippen LogP contribution in [-0.2, 0) is 25.6 Å². The number of hydrogen-bond donors (Lipinski definition) is 4. The van der Waals surface area contributed by atoms with Crippen LogP contribution in [0.5, 0.6) is 11.5 Å². The molecule has 6 N–H and O–H groups in total. The number of nitrogens with two attached hydrogens (primary N) is 2. The molecule has 1 fully saturated rings. The molecule has 51 heavy (non-hydrogen) atoms. The van der Waals surface area contributed by atoms with Crippen molar-refractivity contribution in [3.63, 3.8) is 0 Å². The Balaban J connectivity index is 1.46. The average molecular weight is 720 g/mol. The number of alkyl halides is 1. The van der Waals surface area contributed by atoms with Crippen molar-refractivity contribution in [2.24, 2.45) is 10.7 Å². The summed E-state index contributed by atoms with van der Waals surface area (Å²) < 4.78 is 65.5. The number of nitrogen functional groups attached to an aromatic ring is 1. The van der Waals surface area contributed by atoms with Crippen LogP contribution in [0.1, 0.15) is 52.5 Å². The highest BCUT2D eigenvalue weighted by molar-refractivity contribution is 7.90. The van der Waals surface area contributed by atoms with Crippen LogP contribution >= 0.6 is 0 Å². The predicted molar refractivity (Wildman–Crippen MR) is 185 cm³/mol. The summed E-state index contributed by atoms with van der Waals surface area (Å²) in [5.41, 5.74) is 8.99. The normalized spacial score (nSPS) is 18.8. The van der Waals surface area contributed by atoms with Crippen LogP contribution in [0, 0.1) is 5.82 Å². The van der Waals surface area contributed by atoms with Crippen molar-refractivity contribution in [2.75, 3.05) is 32.3 Å². The Morgan fingerprint density at radius 1 is 1.16 bits per heavy atom. The second kappa shape index (κ2) is 12.7. The van der Waals surface area contributed by atoms with Crippen LogP contribution in [0.4, 0.5) is 14.5 Å². The Kier molecular flexibility index (Phi) is 8.84. The van der Waals surface area contributed by atoms with Crippen LogP contribution in [0.15, 0.2) is 76.6 Å². The molecule has 1 aliphatic carbocycles. The maximum absolute atomic E-state index is 15.7. The molecule has 15 heteroatoms. The third-order valence-corrected chi connectivity index (χ3v) is 10.3. The quantitative estimate of drug-likeness (QED) is 0.102. The van der Waals surface area contributed by atoms with E-state index in [0.717, 1.165) is 12.3 Å². The third kappa shape index (κ3) is 6.61. The van der Waals surface area contributed by atoms with E-state index in [1.165, 1.54) is 50.6 Å². The van der Waals surface area contributed by atoms with E-state index in [-0.39, 0.29) is 80.7 Å². The van der Waals surface area contributed by atoms with E-state index in [1.807, 2.05) is 0 Å². The number of nitrogens with one attached hydrogen (secondary N) is 1. The van der Waals surface area contributed by atoms with Gasteiger partial charge in [-0.3, -0.25) is 14.6 Å². The number of primary amides is 1. The number of aliphatic hydroxyl groups is 1. The van der Waals surface area contributed by atoms with Crippen molar-refractivity contribution in [3.8, 4) is 22.8 Å². The van der Waals surface area contributed by atoms with Crippen LogP contribution in [0.25, 0.3) is 11.3 Å². The summed E-state index contributed by atoms with van der Waals surface area (Å²) in [5, 5.41) is 15.3. The number of nitrogens with zero attached hydrogens (tertiary/aromatic N) is 2. The number of pyridine rings is 1. The number of anilines is 1. The fraction of sp³-hybridized carbons (Fsp3) is 0.278. The zero-order valence-corrected chi connectivity index (χ0v) is 28.7. The minimum atomic E-state index is -3.76. The molecule has 0 unspecified atom stereocenters. The lowest BCUT2D eigenvalue weighted by Crippen LogP contribution is -2.43. The molecule has 3 aromatic carbocycles. The molecule has 0 radical (unpaired) electrons. The molecule has 0 spiro atoms. The van der Waals surface area contributed by atoms with E-state index in [1.54, 1.807) is 30.3 Å². The SMILES string of the molecule is COc1cc(C(=O)NC[C@@](O)(c2ccccc2)c2cc3c(c(-c4ccc(S(C)(=O)=O)cc4F)n2)OC[C@]3(C)C(N)=O)cc(/C=N/C2(F)CC2)c1N. The molecule has 2 atom stereocenters. The molecule has 0 bridgehead atoms. The second-order valence-electron chi connectivity index (χ2n) is 12.9. The van der Waals surface area contributed by atoms with Gasteiger partial charge in [-0.1, -0.05) is 30.3 Å². The minimum absolute atomic E-state index is 0.0231. The average Bonchev–Trinajstić information content (AvgIpc) is 3.74. The Morgan fingerprint density at radius 3 is 2.47 bits per heavy atom. The predicted octanol–water partition coefficient (Wildman–Crippen LogP) is 3.56. The van der Waals surface area contributed by atoms with Crippen molar-refractivity contribution in [1.82, 2.24) is 10.3 Å². The van der Waals surface area contributed by atoms with Gasteiger partial charge in [-0.15, -0.1) is 0 Å². The van der Waals surface area contributed by atoms with Crippen molar-refractivity contribution in [2.45, 2.75) is 41.5 Å². The smallest absolute Gasteiger partial charge is 0.251 e. The summed E-state index contributed by atoms with van der Waals surface area (Å²) in [6.07, 6.45) is 2.74. The second-order valence-corrected chi connectivity index (χ2v) is 14.9. The lowest BCUT2D eigenvalue weighted by atomic mass is 9.80. The Hall–Kier alpha value is -5.41. The first-order valence-corrected chi connectivity index (χ1v) is 17.6. The van der Waals surface area contributed by atoms with Crippen molar-refractivity contribution >= 4 is 33.6 Å². The number of halogens is 2. The molecular weight excluding hydrogens is 684 g/mol. The highest BCUT2D eigenvalue weighted by Crippen LogP contribution is 2.47. The number of methoxy groups -OCH3 is 1. The van der Waals surface area contributed by atoms with Crippen LogP contribution < -0.4 is 26.3 Å². The zero-order chi connectivity index (χ0) is 36.9. The molecule has 1 aliphatic heterocycles. The number of benzene rings is 3. The van der Waals surface area contributed by atoms with Crippen molar-refractivity contribution in [1.29, 1.82) is 0 Å². The van der Waals surface area contributed by atoms with Gasteiger partial charge in [0.2, 0.25) is 5.91 Å². The Morgan fingerprint density at radius 2 is 1.86 bits per heavy atom. The lowest BCUT2D eigenvalue weighted by molar-refractivity contribution is -0.123. The molecule has 12 nitrogen and oxygen atoms in total. The maximum Gasteiger partial charge on any atom is 0.251 e. The van der Waals surface area contributed by atoms with Crippen molar-refractivity contribution < 1.29 is 41.4 Å². The van der Waals surface area contributed by atoms with E-state index in [9.17, 15) is 27.5 Å². The molecule has 0 saturated heterocycles. The van der Waals surface area contributed by atoms with Gasteiger partial charge in [0.25, 0.3) is 5.91 Å². The van der Waals surface area contributed by atoms with E-state index < -0.39 is 50.8 Å². The highest BCUT2D eigenvalue weighted by atomic mass is 32.2. The largest absolute Gasteiger partial charge is 0.495 e. The number of amides is 2. The van der Waals surface area contributed by atoms with E-state index in [4.69, 9.17) is 20.9 Å². The molecule has 2 heterocycles. The van der Waals surface area contributed by atoms with Gasteiger partial charge in [0.05, 0.1) is 29.9 Å². The lowest BCUT2D eigenvalue weighted by Gasteiger charge is -2.30. The van der Waals surface area contributed by atoms with Crippen LogP contribution in [-0.4, -0.2) is 68.8 Å². The molecule has 2 aliphatic rings. The van der Waals surface area contributed by atoms with Gasteiger partial charge >= 0.3 is 0 Å². The molecule has 1 aromatic heterocycles. The molecular formula is C36H35F2N5O7S. The summed E-state index contributed by atoms with van der Waals surface area (Å²) in [6.45, 7) is 0.826. The fourth-order valence-electron chi connectivity index (χ4n) is 5.74. The highest BCUT2D eigenvalue weighted by Gasteiger charge is 2.46. The third-order valence-electron chi connectivity index (χ3n) is 9.17.